The highest BCUT2D eigenvalue weighted by Crippen LogP contribution is 2.32. The molecular weight excluding hydrogens is 424 g/mol. The lowest BCUT2D eigenvalue weighted by Gasteiger charge is -2.21. The minimum atomic E-state index is -0.333. The molecule has 0 fully saturated rings. The van der Waals surface area contributed by atoms with Crippen molar-refractivity contribution in [1.82, 2.24) is 4.57 Å². The van der Waals surface area contributed by atoms with Crippen molar-refractivity contribution in [3.63, 3.8) is 0 Å². The van der Waals surface area contributed by atoms with Crippen LogP contribution in [-0.4, -0.2) is 10.5 Å². The number of hydrogen-bond donors (Lipinski definition) is 1. The number of para-hydroxylation sites is 1. The molecule has 1 heterocycles. The van der Waals surface area contributed by atoms with Gasteiger partial charge in [0.1, 0.15) is 17.1 Å². The summed E-state index contributed by atoms with van der Waals surface area (Å²) in [5, 5.41) is 3.12. The first-order valence-corrected chi connectivity index (χ1v) is 12.3. The van der Waals surface area contributed by atoms with Crippen LogP contribution >= 0.6 is 0 Å². The molecular formula is C29H36N2O3. The molecule has 1 aromatic heterocycles. The van der Waals surface area contributed by atoms with Crippen LogP contribution in [0.25, 0.3) is 0 Å². The van der Waals surface area contributed by atoms with Crippen molar-refractivity contribution in [1.29, 1.82) is 0 Å². The molecule has 1 N–H and O–H groups in total. The van der Waals surface area contributed by atoms with Crippen molar-refractivity contribution in [2.75, 3.05) is 5.32 Å². The number of carbonyl (C=O) groups excluding carboxylic acids is 1. The number of aromatic nitrogens is 1. The van der Waals surface area contributed by atoms with Gasteiger partial charge in [-0.1, -0.05) is 52.3 Å². The molecule has 0 unspecified atom stereocenters. The van der Waals surface area contributed by atoms with Gasteiger partial charge in [-0.15, -0.1) is 0 Å². The van der Waals surface area contributed by atoms with Gasteiger partial charge in [-0.25, -0.2) is 0 Å². The van der Waals surface area contributed by atoms with Gasteiger partial charge in [0, 0.05) is 29.7 Å². The van der Waals surface area contributed by atoms with E-state index in [1.165, 1.54) is 0 Å². The lowest BCUT2D eigenvalue weighted by atomic mass is 9.99. The third-order valence-electron chi connectivity index (χ3n) is 6.46. The summed E-state index contributed by atoms with van der Waals surface area (Å²) in [5.74, 6) is 1.17. The third kappa shape index (κ3) is 5.09. The van der Waals surface area contributed by atoms with E-state index in [9.17, 15) is 9.59 Å². The van der Waals surface area contributed by atoms with Crippen LogP contribution in [0.2, 0.25) is 0 Å². The number of rotatable bonds is 9. The van der Waals surface area contributed by atoms with Crippen molar-refractivity contribution in [2.45, 2.75) is 66.7 Å². The van der Waals surface area contributed by atoms with Crippen molar-refractivity contribution in [2.24, 2.45) is 7.05 Å². The molecule has 0 bridgehead atoms. The topological polar surface area (TPSA) is 60.3 Å². The van der Waals surface area contributed by atoms with Gasteiger partial charge in [0.2, 0.25) is 0 Å². The summed E-state index contributed by atoms with van der Waals surface area (Å²) in [6, 6.07) is 13.6. The summed E-state index contributed by atoms with van der Waals surface area (Å²) in [5.41, 5.74) is 5.27. The molecule has 2 aromatic carbocycles. The first kappa shape index (κ1) is 25.3. The van der Waals surface area contributed by atoms with Crippen LogP contribution in [0.15, 0.2) is 47.3 Å². The number of ether oxygens (including phenoxy) is 1. The molecule has 0 spiro atoms. The zero-order chi connectivity index (χ0) is 24.8. The Kier molecular flexibility index (Phi) is 8.32. The molecule has 0 aliphatic heterocycles. The second kappa shape index (κ2) is 11.2. The summed E-state index contributed by atoms with van der Waals surface area (Å²) in [6.45, 7) is 10.1. The van der Waals surface area contributed by atoms with E-state index in [0.717, 1.165) is 59.0 Å². The summed E-state index contributed by atoms with van der Waals surface area (Å²) in [4.78, 5) is 27.0. The van der Waals surface area contributed by atoms with Gasteiger partial charge in [-0.2, -0.15) is 0 Å². The van der Waals surface area contributed by atoms with Gasteiger partial charge < -0.3 is 14.6 Å². The molecule has 3 aromatic rings. The highest BCUT2D eigenvalue weighted by molar-refractivity contribution is 6.06. The second-order valence-electron chi connectivity index (χ2n) is 8.57. The maximum atomic E-state index is 13.6. The van der Waals surface area contributed by atoms with Crippen LogP contribution in [0, 0.1) is 6.92 Å². The molecule has 34 heavy (non-hydrogen) atoms. The Morgan fingerprint density at radius 3 is 2.09 bits per heavy atom. The monoisotopic (exact) mass is 460 g/mol. The van der Waals surface area contributed by atoms with Crippen molar-refractivity contribution >= 4 is 11.6 Å². The highest BCUT2D eigenvalue weighted by atomic mass is 16.5. The van der Waals surface area contributed by atoms with Gasteiger partial charge in [0.05, 0.1) is 0 Å². The van der Waals surface area contributed by atoms with Gasteiger partial charge in [0.15, 0.2) is 5.43 Å². The Morgan fingerprint density at radius 1 is 0.941 bits per heavy atom. The number of amides is 1. The number of nitrogens with zero attached hydrogens (tertiary/aromatic N) is 1. The molecule has 5 nitrogen and oxygen atoms in total. The molecule has 0 saturated heterocycles. The molecule has 0 radical (unpaired) electrons. The minimum Gasteiger partial charge on any atom is -0.457 e. The van der Waals surface area contributed by atoms with Gasteiger partial charge in [-0.05, 0) is 68.0 Å². The van der Waals surface area contributed by atoms with Crippen molar-refractivity contribution in [3.8, 4) is 11.5 Å². The molecule has 3 rings (SSSR count). The van der Waals surface area contributed by atoms with Crippen LogP contribution in [0.1, 0.15) is 72.6 Å². The van der Waals surface area contributed by atoms with E-state index in [-0.39, 0.29) is 16.9 Å². The molecule has 0 aliphatic carbocycles. The maximum Gasteiger partial charge on any atom is 0.261 e. The smallest absolute Gasteiger partial charge is 0.261 e. The predicted molar refractivity (Wildman–Crippen MR) is 139 cm³/mol. The zero-order valence-electron chi connectivity index (χ0n) is 21.2. The Bertz CT molecular complexity index is 1200. The SMILES string of the molecule is CCCc1c(C(=O)Nc2c(CC)cc(Oc3ccccc3)cc2CC)c(=O)c(CC)c(C)n1C. The number of carbonyl (C=O) groups is 1. The van der Waals surface area contributed by atoms with E-state index in [1.54, 1.807) is 0 Å². The maximum absolute atomic E-state index is 13.6. The Balaban J connectivity index is 2.06. The number of nitrogens with one attached hydrogen (secondary N) is 1. The molecule has 5 heteroatoms. The van der Waals surface area contributed by atoms with E-state index in [1.807, 2.05) is 67.9 Å². The normalized spacial score (nSPS) is 10.9. The quantitative estimate of drug-likeness (QED) is 0.403. The lowest BCUT2D eigenvalue weighted by molar-refractivity contribution is 0.102. The average Bonchev–Trinajstić information content (AvgIpc) is 2.84. The number of pyridine rings is 1. The van der Waals surface area contributed by atoms with Crippen LogP contribution in [-0.2, 0) is 32.7 Å². The van der Waals surface area contributed by atoms with Crippen LogP contribution < -0.4 is 15.5 Å². The third-order valence-corrected chi connectivity index (χ3v) is 6.46. The molecule has 0 aliphatic rings. The Morgan fingerprint density at radius 2 is 1.56 bits per heavy atom. The van der Waals surface area contributed by atoms with Gasteiger partial charge >= 0.3 is 0 Å². The van der Waals surface area contributed by atoms with Gasteiger partial charge in [-0.3, -0.25) is 9.59 Å². The lowest BCUT2D eigenvalue weighted by Crippen LogP contribution is -2.31. The Labute approximate surface area is 202 Å². The number of anilines is 1. The fraction of sp³-hybridized carbons (Fsp3) is 0.379. The standard InChI is InChI=1S/C29H36N2O3/c1-7-14-25-26(28(32)24(10-4)19(5)31(25)6)29(33)30-27-20(8-2)17-23(18-21(27)9-3)34-22-15-12-11-13-16-22/h11-13,15-18H,7-10,14H2,1-6H3,(H,30,33). The van der Waals surface area contributed by atoms with Gasteiger partial charge in [0.25, 0.3) is 5.91 Å². The Hall–Kier alpha value is -3.34. The molecule has 1 amide bonds. The highest BCUT2D eigenvalue weighted by Gasteiger charge is 2.23. The largest absolute Gasteiger partial charge is 0.457 e. The number of hydrogen-bond acceptors (Lipinski definition) is 3. The van der Waals surface area contributed by atoms with E-state index in [4.69, 9.17) is 4.74 Å². The minimum absolute atomic E-state index is 0.154. The molecule has 0 atom stereocenters. The first-order valence-electron chi connectivity index (χ1n) is 12.3. The van der Waals surface area contributed by atoms with Crippen molar-refractivity contribution < 1.29 is 9.53 Å². The average molecular weight is 461 g/mol. The van der Waals surface area contributed by atoms with Crippen LogP contribution in [0.4, 0.5) is 5.69 Å². The summed E-state index contributed by atoms with van der Waals surface area (Å²) >= 11 is 0. The van der Waals surface area contributed by atoms with E-state index in [0.29, 0.717) is 18.4 Å². The zero-order valence-corrected chi connectivity index (χ0v) is 21.2. The van der Waals surface area contributed by atoms with E-state index < -0.39 is 0 Å². The fourth-order valence-electron chi connectivity index (χ4n) is 4.51. The summed E-state index contributed by atoms with van der Waals surface area (Å²) in [7, 11) is 1.94. The second-order valence-corrected chi connectivity index (χ2v) is 8.57. The van der Waals surface area contributed by atoms with E-state index >= 15 is 0 Å². The summed E-state index contributed by atoms with van der Waals surface area (Å²) in [6.07, 6.45) is 3.57. The van der Waals surface area contributed by atoms with Crippen molar-refractivity contribution in [3.05, 3.63) is 86.3 Å². The summed E-state index contributed by atoms with van der Waals surface area (Å²) < 4.78 is 8.08. The number of aryl methyl sites for hydroxylation is 2. The van der Waals surface area contributed by atoms with E-state index in [2.05, 4.69) is 26.1 Å². The first-order chi connectivity index (χ1) is 16.4. The fourth-order valence-corrected chi connectivity index (χ4v) is 4.51. The predicted octanol–water partition coefficient (Wildman–Crippen LogP) is 6.38. The number of benzene rings is 2. The van der Waals surface area contributed by atoms with Crippen LogP contribution in [0.5, 0.6) is 11.5 Å². The molecule has 180 valence electrons. The molecule has 0 saturated carbocycles. The van der Waals surface area contributed by atoms with Crippen LogP contribution in [0.3, 0.4) is 0 Å².